The van der Waals surface area contributed by atoms with Crippen molar-refractivity contribution in [2.75, 3.05) is 16.9 Å². The van der Waals surface area contributed by atoms with Crippen molar-refractivity contribution < 1.29 is 18.3 Å². The Balaban J connectivity index is 1.94. The lowest BCUT2D eigenvalue weighted by molar-refractivity contribution is 0.0996. The van der Waals surface area contributed by atoms with E-state index in [1.54, 1.807) is 19.1 Å². The topological polar surface area (TPSA) is 147 Å². The summed E-state index contributed by atoms with van der Waals surface area (Å²) in [7, 11) is -3.34. The number of sulfone groups is 1. The Kier molecular flexibility index (Phi) is 6.80. The fourth-order valence-electron chi connectivity index (χ4n) is 3.78. The molecule has 1 fully saturated rings. The normalized spacial score (nSPS) is 19.1. The van der Waals surface area contributed by atoms with Crippen LogP contribution in [0.15, 0.2) is 23.1 Å². The van der Waals surface area contributed by atoms with E-state index in [1.807, 2.05) is 6.92 Å². The summed E-state index contributed by atoms with van der Waals surface area (Å²) in [5.41, 5.74) is 7.34. The first-order valence-electron chi connectivity index (χ1n) is 10.3. The number of rotatable bonds is 7. The van der Waals surface area contributed by atoms with Crippen LogP contribution in [0.4, 0.5) is 17.3 Å². The third kappa shape index (κ3) is 5.50. The maximum atomic E-state index is 12.0. The number of nitrogens with zero attached hydrogens (tertiary/aromatic N) is 2. The fourth-order valence-corrected chi connectivity index (χ4v) is 4.74. The molecule has 31 heavy (non-hydrogen) atoms. The number of nitrogens with one attached hydrogen (secondary N) is 2. The number of aliphatic hydroxyl groups is 1. The molecule has 0 saturated heterocycles. The average Bonchev–Trinajstić information content (AvgIpc) is 2.68. The van der Waals surface area contributed by atoms with Crippen LogP contribution in [0.5, 0.6) is 0 Å². The zero-order valence-electron chi connectivity index (χ0n) is 18.0. The number of primary amides is 1. The molecule has 0 spiro atoms. The Morgan fingerprint density at radius 3 is 2.42 bits per heavy atom. The van der Waals surface area contributed by atoms with Crippen LogP contribution < -0.4 is 16.4 Å². The molecular formula is C21H29N5O4S. The quantitative estimate of drug-likeness (QED) is 0.505. The van der Waals surface area contributed by atoms with Gasteiger partial charge in [0, 0.05) is 18.0 Å². The van der Waals surface area contributed by atoms with Gasteiger partial charge in [0.05, 0.1) is 16.7 Å². The summed E-state index contributed by atoms with van der Waals surface area (Å²) in [6.07, 6.45) is 4.55. The van der Waals surface area contributed by atoms with Crippen LogP contribution in [0.3, 0.4) is 0 Å². The van der Waals surface area contributed by atoms with Gasteiger partial charge in [-0.25, -0.2) is 18.4 Å². The number of aromatic nitrogens is 2. The lowest BCUT2D eigenvalue weighted by Crippen LogP contribution is -2.29. The van der Waals surface area contributed by atoms with E-state index in [4.69, 9.17) is 5.73 Å². The maximum absolute atomic E-state index is 12.0. The van der Waals surface area contributed by atoms with Gasteiger partial charge in [0.1, 0.15) is 5.82 Å². The SMILES string of the molecule is CCc1nc(C(N)=O)c(Nc2ccc(S(C)(=O)=O)c(C)c2)nc1N[C@H]1CC[C@H](O)CC1. The smallest absolute Gasteiger partial charge is 0.271 e. The second kappa shape index (κ2) is 9.19. The number of amides is 1. The van der Waals surface area contributed by atoms with Gasteiger partial charge < -0.3 is 21.5 Å². The minimum Gasteiger partial charge on any atom is -0.393 e. The van der Waals surface area contributed by atoms with Crippen molar-refractivity contribution in [2.24, 2.45) is 5.73 Å². The Labute approximate surface area is 182 Å². The first-order chi connectivity index (χ1) is 14.6. The highest BCUT2D eigenvalue weighted by Gasteiger charge is 2.23. The molecule has 1 aliphatic carbocycles. The summed E-state index contributed by atoms with van der Waals surface area (Å²) in [5, 5.41) is 16.2. The molecule has 1 amide bonds. The second-order valence-electron chi connectivity index (χ2n) is 7.96. The van der Waals surface area contributed by atoms with Gasteiger partial charge in [-0.1, -0.05) is 6.92 Å². The van der Waals surface area contributed by atoms with Gasteiger partial charge in [-0.3, -0.25) is 4.79 Å². The van der Waals surface area contributed by atoms with Crippen molar-refractivity contribution in [2.45, 2.75) is 63.0 Å². The second-order valence-corrected chi connectivity index (χ2v) is 9.95. The molecule has 0 aliphatic heterocycles. The van der Waals surface area contributed by atoms with Crippen LogP contribution in [-0.4, -0.2) is 47.8 Å². The van der Waals surface area contributed by atoms with Crippen molar-refractivity contribution in [3.8, 4) is 0 Å². The van der Waals surface area contributed by atoms with E-state index in [0.717, 1.165) is 31.9 Å². The molecule has 0 bridgehead atoms. The number of carbonyl (C=O) groups excluding carboxylic acids is 1. The van der Waals surface area contributed by atoms with Crippen molar-refractivity contribution in [1.29, 1.82) is 0 Å². The van der Waals surface area contributed by atoms with Gasteiger partial charge in [-0.05, 0) is 62.8 Å². The van der Waals surface area contributed by atoms with Crippen LogP contribution in [0.2, 0.25) is 0 Å². The van der Waals surface area contributed by atoms with E-state index < -0.39 is 15.7 Å². The molecule has 168 valence electrons. The summed E-state index contributed by atoms with van der Waals surface area (Å²) < 4.78 is 23.7. The third-order valence-corrected chi connectivity index (χ3v) is 6.67. The zero-order valence-corrected chi connectivity index (χ0v) is 18.8. The molecule has 3 rings (SSSR count). The standard InChI is InChI=1S/C21H29N5O4S/c1-4-16-20(23-13-5-8-15(27)9-6-13)26-21(18(25-16)19(22)28)24-14-7-10-17(12(2)11-14)31(3,29)30/h7,10-11,13,15,27H,4-6,8-9H2,1-3H3,(H2,22,28)(H2,23,24,26)/t13-,15-. The van der Waals surface area contributed by atoms with E-state index >= 15 is 0 Å². The Morgan fingerprint density at radius 1 is 1.19 bits per heavy atom. The molecule has 0 atom stereocenters. The predicted octanol–water partition coefficient (Wildman–Crippen LogP) is 2.31. The molecule has 1 aromatic carbocycles. The van der Waals surface area contributed by atoms with Crippen molar-refractivity contribution >= 4 is 33.1 Å². The Bertz CT molecular complexity index is 1080. The molecule has 1 saturated carbocycles. The van der Waals surface area contributed by atoms with E-state index in [9.17, 15) is 18.3 Å². The molecule has 0 radical (unpaired) electrons. The van der Waals surface area contributed by atoms with Gasteiger partial charge in [0.15, 0.2) is 21.3 Å². The van der Waals surface area contributed by atoms with Gasteiger partial charge in [0.2, 0.25) is 0 Å². The first-order valence-corrected chi connectivity index (χ1v) is 12.2. The summed E-state index contributed by atoms with van der Waals surface area (Å²) >= 11 is 0. The number of aliphatic hydroxyl groups excluding tert-OH is 1. The molecule has 9 nitrogen and oxygen atoms in total. The Hall–Kier alpha value is -2.72. The monoisotopic (exact) mass is 447 g/mol. The molecule has 1 aliphatic rings. The minimum absolute atomic E-state index is 0.0197. The van der Waals surface area contributed by atoms with Crippen LogP contribution >= 0.6 is 0 Å². The van der Waals surface area contributed by atoms with Crippen molar-refractivity contribution in [3.63, 3.8) is 0 Å². The summed E-state index contributed by atoms with van der Waals surface area (Å²) in [6.45, 7) is 3.62. The molecular weight excluding hydrogens is 418 g/mol. The number of nitrogens with two attached hydrogens (primary N) is 1. The Morgan fingerprint density at radius 2 is 1.87 bits per heavy atom. The number of hydrogen-bond donors (Lipinski definition) is 4. The number of hydrogen-bond acceptors (Lipinski definition) is 8. The summed E-state index contributed by atoms with van der Waals surface area (Å²) in [5.74, 6) is 0.0666. The first kappa shape index (κ1) is 23.0. The van der Waals surface area contributed by atoms with E-state index in [2.05, 4.69) is 20.6 Å². The highest BCUT2D eigenvalue weighted by Crippen LogP contribution is 2.27. The van der Waals surface area contributed by atoms with Crippen LogP contribution in [0, 0.1) is 6.92 Å². The number of anilines is 3. The van der Waals surface area contributed by atoms with Crippen LogP contribution in [-0.2, 0) is 16.3 Å². The van der Waals surface area contributed by atoms with Crippen LogP contribution in [0.25, 0.3) is 0 Å². The third-order valence-electron chi connectivity index (χ3n) is 5.41. The van der Waals surface area contributed by atoms with Crippen molar-refractivity contribution in [1.82, 2.24) is 9.97 Å². The lowest BCUT2D eigenvalue weighted by atomic mass is 9.93. The minimum atomic E-state index is -3.34. The molecule has 2 aromatic rings. The number of carbonyl (C=O) groups is 1. The largest absolute Gasteiger partial charge is 0.393 e. The highest BCUT2D eigenvalue weighted by molar-refractivity contribution is 7.90. The van der Waals surface area contributed by atoms with E-state index in [0.29, 0.717) is 29.2 Å². The highest BCUT2D eigenvalue weighted by atomic mass is 32.2. The molecule has 10 heteroatoms. The summed E-state index contributed by atoms with van der Waals surface area (Å²) in [6, 6.07) is 4.95. The zero-order chi connectivity index (χ0) is 22.8. The molecule has 1 aromatic heterocycles. The van der Waals surface area contributed by atoms with E-state index in [1.165, 1.54) is 6.07 Å². The maximum Gasteiger partial charge on any atom is 0.271 e. The molecule has 5 N–H and O–H groups in total. The van der Waals surface area contributed by atoms with Gasteiger partial charge in [-0.15, -0.1) is 0 Å². The molecule has 0 unspecified atom stereocenters. The van der Waals surface area contributed by atoms with Gasteiger partial charge in [-0.2, -0.15) is 0 Å². The van der Waals surface area contributed by atoms with E-state index in [-0.39, 0.29) is 28.6 Å². The summed E-state index contributed by atoms with van der Waals surface area (Å²) in [4.78, 5) is 21.3. The number of benzene rings is 1. The van der Waals surface area contributed by atoms with Crippen LogP contribution in [0.1, 0.15) is 54.4 Å². The molecule has 1 heterocycles. The number of aryl methyl sites for hydroxylation is 2. The fraction of sp³-hybridized carbons (Fsp3) is 0.476. The van der Waals surface area contributed by atoms with Crippen molar-refractivity contribution in [3.05, 3.63) is 35.2 Å². The lowest BCUT2D eigenvalue weighted by Gasteiger charge is -2.27. The van der Waals surface area contributed by atoms with Gasteiger partial charge in [0.25, 0.3) is 5.91 Å². The predicted molar refractivity (Wildman–Crippen MR) is 119 cm³/mol. The average molecular weight is 448 g/mol. The van der Waals surface area contributed by atoms with Gasteiger partial charge >= 0.3 is 0 Å².